The molecule has 1 atom stereocenters. The number of likely N-dealkylation sites (tertiary alicyclic amines) is 1. The Labute approximate surface area is 204 Å². The second-order valence-corrected chi connectivity index (χ2v) is 8.47. The van der Waals surface area contributed by atoms with Gasteiger partial charge >= 0.3 is 0 Å². The Morgan fingerprint density at radius 1 is 0.886 bits per heavy atom. The van der Waals surface area contributed by atoms with E-state index in [1.54, 1.807) is 23.1 Å². The summed E-state index contributed by atoms with van der Waals surface area (Å²) in [6, 6.07) is 24.5. The van der Waals surface area contributed by atoms with Crippen molar-refractivity contribution in [3.05, 3.63) is 96.3 Å². The van der Waals surface area contributed by atoms with Crippen LogP contribution in [0.1, 0.15) is 24.4 Å². The molecular weight excluding hydrogens is 447 g/mol. The van der Waals surface area contributed by atoms with Gasteiger partial charge in [0.1, 0.15) is 12.4 Å². The predicted molar refractivity (Wildman–Crippen MR) is 130 cm³/mol. The van der Waals surface area contributed by atoms with Crippen molar-refractivity contribution in [3.63, 3.8) is 0 Å². The van der Waals surface area contributed by atoms with Crippen molar-refractivity contribution in [3.8, 4) is 11.5 Å². The molecule has 0 spiro atoms. The van der Waals surface area contributed by atoms with Gasteiger partial charge in [-0.2, -0.15) is 0 Å². The topological polar surface area (TPSA) is 67.9 Å². The highest BCUT2D eigenvalue weighted by molar-refractivity contribution is 5.81. The minimum absolute atomic E-state index is 0.0235. The Kier molecular flexibility index (Phi) is 8.33. The number of nitrogens with one attached hydrogen (secondary N) is 1. The fourth-order valence-electron chi connectivity index (χ4n) is 4.08. The first-order valence-corrected chi connectivity index (χ1v) is 11.8. The average Bonchev–Trinajstić information content (AvgIpc) is 2.91. The van der Waals surface area contributed by atoms with Gasteiger partial charge in [0.25, 0.3) is 5.91 Å². The molecule has 1 saturated heterocycles. The smallest absolute Gasteiger partial charge is 0.260 e. The lowest BCUT2D eigenvalue weighted by Crippen LogP contribution is -2.45. The lowest BCUT2D eigenvalue weighted by Gasteiger charge is -2.32. The molecule has 35 heavy (non-hydrogen) atoms. The van der Waals surface area contributed by atoms with Crippen LogP contribution >= 0.6 is 0 Å². The number of rotatable bonds is 9. The van der Waals surface area contributed by atoms with E-state index in [-0.39, 0.29) is 36.7 Å². The van der Waals surface area contributed by atoms with Crippen LogP contribution in [0.3, 0.4) is 0 Å². The second kappa shape index (κ2) is 12.0. The lowest BCUT2D eigenvalue weighted by molar-refractivity contribution is -0.137. The van der Waals surface area contributed by atoms with Gasteiger partial charge in [-0.05, 0) is 42.7 Å². The van der Waals surface area contributed by atoms with Gasteiger partial charge in [0.2, 0.25) is 5.91 Å². The normalized spacial score (nSPS) is 14.7. The fourth-order valence-corrected chi connectivity index (χ4v) is 4.08. The van der Waals surface area contributed by atoms with Gasteiger partial charge in [-0.15, -0.1) is 0 Å². The Hall–Kier alpha value is -3.87. The molecule has 6 nitrogen and oxygen atoms in total. The zero-order chi connectivity index (χ0) is 24.5. The molecule has 1 heterocycles. The Morgan fingerprint density at radius 3 is 2.20 bits per heavy atom. The summed E-state index contributed by atoms with van der Waals surface area (Å²) < 4.78 is 25.3. The summed E-state index contributed by atoms with van der Waals surface area (Å²) >= 11 is 0. The van der Waals surface area contributed by atoms with Crippen LogP contribution < -0.4 is 14.8 Å². The maximum atomic E-state index is 14.0. The van der Waals surface area contributed by atoms with Crippen LogP contribution in [0.15, 0.2) is 84.9 Å². The van der Waals surface area contributed by atoms with Crippen LogP contribution in [0.2, 0.25) is 0 Å². The molecule has 1 N–H and O–H groups in total. The number of hydrogen-bond donors (Lipinski definition) is 1. The lowest BCUT2D eigenvalue weighted by atomic mass is 9.95. The highest BCUT2D eigenvalue weighted by atomic mass is 19.1. The molecule has 4 rings (SSSR count). The number of hydrogen-bond acceptors (Lipinski definition) is 4. The van der Waals surface area contributed by atoms with Gasteiger partial charge in [-0.25, -0.2) is 4.39 Å². The molecule has 3 aromatic carbocycles. The van der Waals surface area contributed by atoms with Crippen LogP contribution in [-0.2, 0) is 9.59 Å². The van der Waals surface area contributed by atoms with Gasteiger partial charge in [-0.1, -0.05) is 60.7 Å². The second-order valence-electron chi connectivity index (χ2n) is 8.47. The first kappa shape index (κ1) is 24.3. The Morgan fingerprint density at radius 2 is 1.51 bits per heavy atom. The van der Waals surface area contributed by atoms with Crippen molar-refractivity contribution in [1.29, 1.82) is 0 Å². The molecule has 0 saturated carbocycles. The zero-order valence-electron chi connectivity index (χ0n) is 19.4. The molecule has 182 valence electrons. The monoisotopic (exact) mass is 476 g/mol. The van der Waals surface area contributed by atoms with Crippen molar-refractivity contribution in [2.24, 2.45) is 5.92 Å². The maximum Gasteiger partial charge on any atom is 0.260 e. The van der Waals surface area contributed by atoms with Gasteiger partial charge in [0, 0.05) is 19.0 Å². The molecule has 1 aliphatic heterocycles. The van der Waals surface area contributed by atoms with Crippen LogP contribution in [0, 0.1) is 11.7 Å². The number of halogens is 1. The summed E-state index contributed by atoms with van der Waals surface area (Å²) in [4.78, 5) is 27.3. The van der Waals surface area contributed by atoms with E-state index in [4.69, 9.17) is 9.47 Å². The molecule has 0 bridgehead atoms. The summed E-state index contributed by atoms with van der Waals surface area (Å²) in [5, 5.41) is 3.07. The summed E-state index contributed by atoms with van der Waals surface area (Å²) in [5.41, 5.74) is 0.878. The number of carbonyl (C=O) groups is 2. The van der Waals surface area contributed by atoms with Crippen LogP contribution in [0.5, 0.6) is 11.5 Å². The van der Waals surface area contributed by atoms with E-state index in [0.717, 1.165) is 5.56 Å². The summed E-state index contributed by atoms with van der Waals surface area (Å²) in [6.45, 7) is 1.07. The number of ether oxygens (including phenoxy) is 2. The maximum absolute atomic E-state index is 14.0. The van der Waals surface area contributed by atoms with Gasteiger partial charge in [-0.3, -0.25) is 9.59 Å². The number of piperidine rings is 1. The minimum Gasteiger partial charge on any atom is -0.488 e. The molecule has 0 aliphatic carbocycles. The van der Waals surface area contributed by atoms with Crippen molar-refractivity contribution < 1.29 is 23.5 Å². The number of benzene rings is 3. The molecular formula is C28H29FN2O4. The van der Waals surface area contributed by atoms with Crippen LogP contribution in [0.25, 0.3) is 0 Å². The van der Waals surface area contributed by atoms with Crippen molar-refractivity contribution in [2.45, 2.75) is 18.9 Å². The third kappa shape index (κ3) is 6.82. The first-order chi connectivity index (χ1) is 17.1. The number of carbonyl (C=O) groups excluding carboxylic acids is 2. The highest BCUT2D eigenvalue weighted by Crippen LogP contribution is 2.22. The van der Waals surface area contributed by atoms with Gasteiger partial charge in [0.05, 0.1) is 6.04 Å². The molecule has 1 aliphatic rings. The third-order valence-electron chi connectivity index (χ3n) is 6.08. The van der Waals surface area contributed by atoms with Crippen LogP contribution in [0.4, 0.5) is 4.39 Å². The first-order valence-electron chi connectivity index (χ1n) is 11.8. The predicted octanol–water partition coefficient (Wildman–Crippen LogP) is 4.38. The van der Waals surface area contributed by atoms with E-state index in [0.29, 0.717) is 31.7 Å². The summed E-state index contributed by atoms with van der Waals surface area (Å²) in [7, 11) is 0. The molecule has 3 aromatic rings. The molecule has 1 fully saturated rings. The summed E-state index contributed by atoms with van der Waals surface area (Å²) in [6.07, 6.45) is 1.14. The Bertz CT molecular complexity index is 1100. The molecule has 0 aromatic heterocycles. The quantitative estimate of drug-likeness (QED) is 0.498. The molecule has 7 heteroatoms. The standard InChI is InChI=1S/C28H29FN2O4/c29-24-13-7-8-14-26(24)35-19-25(21-9-3-1-4-10-21)30-28(33)22-15-17-31(18-16-22)27(32)20-34-23-11-5-2-6-12-23/h1-14,22,25H,15-20H2,(H,30,33). The van der Waals surface area contributed by atoms with Gasteiger partial charge in [0.15, 0.2) is 18.2 Å². The molecule has 0 radical (unpaired) electrons. The van der Waals surface area contributed by atoms with Crippen molar-refractivity contribution >= 4 is 11.8 Å². The molecule has 1 unspecified atom stereocenters. The van der Waals surface area contributed by atoms with E-state index < -0.39 is 11.9 Å². The van der Waals surface area contributed by atoms with Crippen LogP contribution in [-0.4, -0.2) is 43.0 Å². The summed E-state index contributed by atoms with van der Waals surface area (Å²) in [5.74, 6) is -0.0450. The SMILES string of the molecule is O=C(NC(COc1ccccc1F)c1ccccc1)C1CCN(C(=O)COc2ccccc2)CC1. The van der Waals surface area contributed by atoms with E-state index in [2.05, 4.69) is 5.32 Å². The van der Waals surface area contributed by atoms with E-state index in [1.165, 1.54) is 6.07 Å². The Balaban J connectivity index is 1.30. The number of amides is 2. The van der Waals surface area contributed by atoms with Crippen molar-refractivity contribution in [2.75, 3.05) is 26.3 Å². The largest absolute Gasteiger partial charge is 0.488 e. The zero-order valence-corrected chi connectivity index (χ0v) is 19.4. The minimum atomic E-state index is -0.445. The third-order valence-corrected chi connectivity index (χ3v) is 6.08. The van der Waals surface area contributed by atoms with Gasteiger partial charge < -0.3 is 19.7 Å². The average molecular weight is 477 g/mol. The number of nitrogens with zero attached hydrogens (tertiary/aromatic N) is 1. The highest BCUT2D eigenvalue weighted by Gasteiger charge is 2.29. The van der Waals surface area contributed by atoms with Crippen molar-refractivity contribution in [1.82, 2.24) is 10.2 Å². The van der Waals surface area contributed by atoms with E-state index in [1.807, 2.05) is 60.7 Å². The molecule has 2 amide bonds. The number of para-hydroxylation sites is 2. The van der Waals surface area contributed by atoms with E-state index in [9.17, 15) is 14.0 Å². The van der Waals surface area contributed by atoms with E-state index >= 15 is 0 Å². The fraction of sp³-hybridized carbons (Fsp3) is 0.286.